The van der Waals surface area contributed by atoms with Crippen LogP contribution in [0, 0.1) is 0 Å². The molecule has 0 bridgehead atoms. The number of aliphatic hydroxyl groups excluding tert-OH is 1. The second kappa shape index (κ2) is 8.13. The van der Waals surface area contributed by atoms with Gasteiger partial charge in [-0.2, -0.15) is 0 Å². The fourth-order valence-corrected chi connectivity index (χ4v) is 4.43. The molecule has 4 aromatic rings. The summed E-state index contributed by atoms with van der Waals surface area (Å²) in [6.07, 6.45) is 2.12. The second-order valence-electron chi connectivity index (χ2n) is 7.96. The van der Waals surface area contributed by atoms with Crippen molar-refractivity contribution >= 4 is 21.7 Å². The Labute approximate surface area is 179 Å². The monoisotopic (exact) mass is 416 g/mol. The largest absolute Gasteiger partial charge is 0.497 e. The van der Waals surface area contributed by atoms with E-state index in [2.05, 4.69) is 11.1 Å². The number of nitrogens with zero attached hydrogens (tertiary/aromatic N) is 2. The van der Waals surface area contributed by atoms with Crippen LogP contribution in [-0.2, 0) is 11.2 Å². The number of fused-ring (bicyclic) bond motifs is 3. The van der Waals surface area contributed by atoms with Gasteiger partial charge in [0.2, 0.25) is 0 Å². The summed E-state index contributed by atoms with van der Waals surface area (Å²) < 4.78 is 12.2. The Bertz CT molecular complexity index is 1300. The molecular weight excluding hydrogens is 392 g/mol. The summed E-state index contributed by atoms with van der Waals surface area (Å²) in [5.74, 6) is 0.814. The molecule has 2 atom stereocenters. The van der Waals surface area contributed by atoms with Crippen LogP contribution in [0.1, 0.15) is 23.6 Å². The number of benzene rings is 3. The lowest BCUT2D eigenvalue weighted by Gasteiger charge is -2.29. The third kappa shape index (κ3) is 3.58. The second-order valence-corrected chi connectivity index (χ2v) is 7.96. The summed E-state index contributed by atoms with van der Waals surface area (Å²) in [6, 6.07) is 17.7. The zero-order chi connectivity index (χ0) is 21.4. The molecule has 1 aliphatic rings. The normalized spacial score (nSPS) is 19.0. The zero-order valence-electron chi connectivity index (χ0n) is 17.3. The molecule has 6 nitrogen and oxygen atoms in total. The summed E-state index contributed by atoms with van der Waals surface area (Å²) in [5.41, 5.74) is 2.77. The average molecular weight is 416 g/mol. The van der Waals surface area contributed by atoms with Crippen molar-refractivity contribution in [2.24, 2.45) is 0 Å². The van der Waals surface area contributed by atoms with Crippen LogP contribution in [0.25, 0.3) is 21.7 Å². The minimum absolute atomic E-state index is 0.127. The van der Waals surface area contributed by atoms with Gasteiger partial charge in [-0.1, -0.05) is 36.4 Å². The highest BCUT2D eigenvalue weighted by Gasteiger charge is 2.27. The highest BCUT2D eigenvalue weighted by atomic mass is 16.5. The van der Waals surface area contributed by atoms with Gasteiger partial charge in [-0.15, -0.1) is 0 Å². The number of methoxy groups -OCH3 is 1. The van der Waals surface area contributed by atoms with Gasteiger partial charge >= 0.3 is 0 Å². The third-order valence-corrected chi connectivity index (χ3v) is 6.08. The van der Waals surface area contributed by atoms with Gasteiger partial charge in [0.1, 0.15) is 5.75 Å². The molecule has 6 heteroatoms. The molecule has 158 valence electrons. The fourth-order valence-electron chi connectivity index (χ4n) is 4.43. The Kier molecular flexibility index (Phi) is 5.18. The van der Waals surface area contributed by atoms with Crippen LogP contribution in [0.15, 0.2) is 65.7 Å². The molecule has 0 unspecified atom stereocenters. The highest BCUT2D eigenvalue weighted by molar-refractivity contribution is 6.06. The standard InChI is InChI=1S/C25H24N2O4/c1-30-18-8-6-16(7-9-18)12-17-13-21-24(20-5-3-2-4-19(17)20)26-15-27(25(21)29)22-10-11-31-14-23(22)28/h2-9,13,15,22-23,28H,10-12,14H2,1H3/t22-,23-/m0/s1. The van der Waals surface area contributed by atoms with E-state index in [0.717, 1.165) is 27.6 Å². The highest BCUT2D eigenvalue weighted by Crippen LogP contribution is 2.29. The number of hydrogen-bond acceptors (Lipinski definition) is 5. The summed E-state index contributed by atoms with van der Waals surface area (Å²) in [5, 5.41) is 13.0. The molecule has 1 saturated heterocycles. The number of hydrogen-bond donors (Lipinski definition) is 1. The Morgan fingerprint density at radius 2 is 1.90 bits per heavy atom. The van der Waals surface area contributed by atoms with Crippen molar-refractivity contribution in [2.75, 3.05) is 20.3 Å². The summed E-state index contributed by atoms with van der Waals surface area (Å²) in [6.45, 7) is 0.752. The van der Waals surface area contributed by atoms with Gasteiger partial charge in [-0.25, -0.2) is 4.98 Å². The van der Waals surface area contributed by atoms with Gasteiger partial charge in [0.15, 0.2) is 0 Å². The van der Waals surface area contributed by atoms with Gasteiger partial charge in [0.05, 0.1) is 43.1 Å². The van der Waals surface area contributed by atoms with E-state index in [9.17, 15) is 9.90 Å². The van der Waals surface area contributed by atoms with Gasteiger partial charge in [-0.3, -0.25) is 9.36 Å². The molecule has 3 aromatic carbocycles. The van der Waals surface area contributed by atoms with E-state index in [1.807, 2.05) is 48.5 Å². The van der Waals surface area contributed by atoms with E-state index < -0.39 is 6.10 Å². The minimum Gasteiger partial charge on any atom is -0.497 e. The Morgan fingerprint density at radius 3 is 2.65 bits per heavy atom. The van der Waals surface area contributed by atoms with E-state index in [-0.39, 0.29) is 18.2 Å². The smallest absolute Gasteiger partial charge is 0.261 e. The molecule has 1 N–H and O–H groups in total. The molecule has 0 saturated carbocycles. The first-order valence-corrected chi connectivity index (χ1v) is 10.5. The summed E-state index contributed by atoms with van der Waals surface area (Å²) in [7, 11) is 1.65. The van der Waals surface area contributed by atoms with Gasteiger partial charge < -0.3 is 14.6 Å². The number of aliphatic hydroxyl groups is 1. The lowest BCUT2D eigenvalue weighted by atomic mass is 9.96. The SMILES string of the molecule is COc1ccc(Cc2cc3c(=O)n([C@H]4CCOC[C@@H]4O)cnc3c3ccccc23)cc1. The van der Waals surface area contributed by atoms with Crippen LogP contribution in [0.4, 0.5) is 0 Å². The number of ether oxygens (including phenoxy) is 2. The first kappa shape index (κ1) is 19.7. The first-order chi connectivity index (χ1) is 15.2. The Morgan fingerprint density at radius 1 is 1.13 bits per heavy atom. The van der Waals surface area contributed by atoms with E-state index in [1.165, 1.54) is 0 Å². The van der Waals surface area contributed by atoms with Crippen molar-refractivity contribution < 1.29 is 14.6 Å². The van der Waals surface area contributed by atoms with Crippen molar-refractivity contribution in [1.82, 2.24) is 9.55 Å². The van der Waals surface area contributed by atoms with Gasteiger partial charge in [0, 0.05) is 12.0 Å². The van der Waals surface area contributed by atoms with Crippen LogP contribution in [0.5, 0.6) is 5.75 Å². The Hall–Kier alpha value is -3.22. The summed E-state index contributed by atoms with van der Waals surface area (Å²) >= 11 is 0. The molecule has 31 heavy (non-hydrogen) atoms. The number of rotatable bonds is 4. The van der Waals surface area contributed by atoms with Crippen LogP contribution in [0.2, 0.25) is 0 Å². The predicted molar refractivity (Wildman–Crippen MR) is 120 cm³/mol. The van der Waals surface area contributed by atoms with Crippen molar-refractivity contribution in [3.8, 4) is 5.75 Å². The lowest BCUT2D eigenvalue weighted by Crippen LogP contribution is -2.39. The van der Waals surface area contributed by atoms with Crippen LogP contribution < -0.4 is 10.3 Å². The van der Waals surface area contributed by atoms with Crippen molar-refractivity contribution in [2.45, 2.75) is 25.0 Å². The Balaban J connectivity index is 1.67. The average Bonchev–Trinajstić information content (AvgIpc) is 2.81. The van der Waals surface area contributed by atoms with Crippen molar-refractivity contribution in [3.63, 3.8) is 0 Å². The maximum absolute atomic E-state index is 13.5. The van der Waals surface area contributed by atoms with Crippen molar-refractivity contribution in [3.05, 3.63) is 82.4 Å². The molecule has 0 radical (unpaired) electrons. The van der Waals surface area contributed by atoms with Crippen LogP contribution in [0.3, 0.4) is 0 Å². The molecule has 1 fully saturated rings. The molecule has 0 amide bonds. The first-order valence-electron chi connectivity index (χ1n) is 10.5. The van der Waals surface area contributed by atoms with Crippen LogP contribution in [-0.4, -0.2) is 41.1 Å². The summed E-state index contributed by atoms with van der Waals surface area (Å²) in [4.78, 5) is 18.1. The molecule has 0 spiro atoms. The molecule has 1 aliphatic heterocycles. The minimum atomic E-state index is -0.718. The predicted octanol–water partition coefficient (Wildman–Crippen LogP) is 3.47. The van der Waals surface area contributed by atoms with Gasteiger partial charge in [0.25, 0.3) is 5.56 Å². The van der Waals surface area contributed by atoms with Gasteiger partial charge in [-0.05, 0) is 47.6 Å². The van der Waals surface area contributed by atoms with Crippen LogP contribution >= 0.6 is 0 Å². The topological polar surface area (TPSA) is 73.6 Å². The van der Waals surface area contributed by atoms with Crippen molar-refractivity contribution in [1.29, 1.82) is 0 Å². The van der Waals surface area contributed by atoms with E-state index in [1.54, 1.807) is 18.0 Å². The molecule has 5 rings (SSSR count). The third-order valence-electron chi connectivity index (χ3n) is 6.08. The van der Waals surface area contributed by atoms with E-state index in [0.29, 0.717) is 30.4 Å². The molecule has 0 aliphatic carbocycles. The molecule has 1 aromatic heterocycles. The van der Waals surface area contributed by atoms with E-state index in [4.69, 9.17) is 9.47 Å². The fraction of sp³-hybridized carbons (Fsp3) is 0.280. The molecular formula is C25H24N2O4. The lowest BCUT2D eigenvalue weighted by molar-refractivity contribution is -0.0395. The number of aromatic nitrogens is 2. The maximum atomic E-state index is 13.5. The zero-order valence-corrected chi connectivity index (χ0v) is 17.3. The molecule has 2 heterocycles. The van der Waals surface area contributed by atoms with E-state index >= 15 is 0 Å². The maximum Gasteiger partial charge on any atom is 0.261 e. The quantitative estimate of drug-likeness (QED) is 0.516.